The molecule has 3 rings (SSSR count). The van der Waals surface area contributed by atoms with Crippen molar-refractivity contribution in [3.63, 3.8) is 0 Å². The van der Waals surface area contributed by atoms with Crippen LogP contribution in [0.1, 0.15) is 30.0 Å². The highest BCUT2D eigenvalue weighted by Gasteiger charge is 2.09. The Morgan fingerprint density at radius 1 is 0.875 bits per heavy atom. The number of hydrogen-bond acceptors (Lipinski definition) is 5. The van der Waals surface area contributed by atoms with Crippen LogP contribution < -0.4 is 21.3 Å². The monoisotopic (exact) mass is 434 g/mol. The maximum absolute atomic E-state index is 12.3. The largest absolute Gasteiger partial charge is 0.467 e. The second-order valence-electron chi connectivity index (χ2n) is 7.47. The van der Waals surface area contributed by atoms with Crippen molar-refractivity contribution >= 4 is 34.8 Å². The van der Waals surface area contributed by atoms with Crippen LogP contribution in [-0.4, -0.2) is 24.3 Å². The van der Waals surface area contributed by atoms with Crippen LogP contribution in [0.2, 0.25) is 0 Å². The van der Waals surface area contributed by atoms with Gasteiger partial charge in [-0.3, -0.25) is 14.4 Å². The zero-order valence-corrected chi connectivity index (χ0v) is 18.0. The molecule has 0 radical (unpaired) electrons. The van der Waals surface area contributed by atoms with E-state index in [4.69, 9.17) is 4.42 Å². The van der Waals surface area contributed by atoms with E-state index in [1.54, 1.807) is 66.9 Å². The van der Waals surface area contributed by atoms with Crippen molar-refractivity contribution in [1.29, 1.82) is 0 Å². The molecule has 8 heteroatoms. The number of anilines is 3. The maximum atomic E-state index is 12.3. The summed E-state index contributed by atoms with van der Waals surface area (Å²) in [6.45, 7) is 3.98. The summed E-state index contributed by atoms with van der Waals surface area (Å²) in [6, 6.07) is 17.3. The van der Waals surface area contributed by atoms with Gasteiger partial charge in [0.15, 0.2) is 0 Å². The summed E-state index contributed by atoms with van der Waals surface area (Å²) >= 11 is 0. The van der Waals surface area contributed by atoms with Gasteiger partial charge in [-0.15, -0.1) is 0 Å². The van der Waals surface area contributed by atoms with Crippen LogP contribution >= 0.6 is 0 Å². The van der Waals surface area contributed by atoms with Crippen molar-refractivity contribution in [2.45, 2.75) is 20.4 Å². The van der Waals surface area contributed by atoms with E-state index in [-0.39, 0.29) is 36.7 Å². The molecule has 0 saturated heterocycles. The third-order valence-electron chi connectivity index (χ3n) is 4.54. The normalized spacial score (nSPS) is 10.5. The first-order chi connectivity index (χ1) is 15.4. The zero-order valence-electron chi connectivity index (χ0n) is 18.0. The Kier molecular flexibility index (Phi) is 7.64. The first kappa shape index (κ1) is 22.6. The Bertz CT molecular complexity index is 1060. The Morgan fingerprint density at radius 2 is 1.62 bits per heavy atom. The summed E-state index contributed by atoms with van der Waals surface area (Å²) in [7, 11) is 0. The lowest BCUT2D eigenvalue weighted by Gasteiger charge is -2.11. The van der Waals surface area contributed by atoms with Gasteiger partial charge in [0.25, 0.3) is 5.91 Å². The van der Waals surface area contributed by atoms with Crippen molar-refractivity contribution in [1.82, 2.24) is 5.32 Å². The van der Waals surface area contributed by atoms with Crippen LogP contribution in [0.5, 0.6) is 0 Å². The van der Waals surface area contributed by atoms with Crippen molar-refractivity contribution in [3.8, 4) is 0 Å². The summed E-state index contributed by atoms with van der Waals surface area (Å²) in [6.07, 6.45) is 1.55. The fourth-order valence-electron chi connectivity index (χ4n) is 2.77. The topological polar surface area (TPSA) is 112 Å². The number of amides is 3. The number of furan rings is 1. The molecule has 0 unspecified atom stereocenters. The zero-order chi connectivity index (χ0) is 22.9. The fraction of sp³-hybridized carbons (Fsp3) is 0.208. The van der Waals surface area contributed by atoms with Crippen molar-refractivity contribution in [3.05, 3.63) is 78.3 Å². The minimum absolute atomic E-state index is 0.0482. The SMILES string of the molecule is CC(C)C(=O)Nc1ccc(NCC(=O)Nc2cccc(C(=O)NCc3ccco3)c2)cc1. The lowest BCUT2D eigenvalue weighted by atomic mass is 10.2. The molecule has 8 nitrogen and oxygen atoms in total. The molecule has 4 N–H and O–H groups in total. The Labute approximate surface area is 186 Å². The minimum atomic E-state index is -0.264. The van der Waals surface area contributed by atoms with Crippen molar-refractivity contribution in [2.24, 2.45) is 5.92 Å². The summed E-state index contributed by atoms with van der Waals surface area (Å²) < 4.78 is 5.20. The lowest BCUT2D eigenvalue weighted by molar-refractivity contribution is -0.119. The Balaban J connectivity index is 1.48. The molecule has 0 saturated carbocycles. The van der Waals surface area contributed by atoms with Gasteiger partial charge in [0.1, 0.15) is 5.76 Å². The Morgan fingerprint density at radius 3 is 2.31 bits per heavy atom. The van der Waals surface area contributed by atoms with Gasteiger partial charge in [0, 0.05) is 28.5 Å². The van der Waals surface area contributed by atoms with E-state index in [2.05, 4.69) is 21.3 Å². The van der Waals surface area contributed by atoms with E-state index >= 15 is 0 Å². The third-order valence-corrected chi connectivity index (χ3v) is 4.54. The van der Waals surface area contributed by atoms with E-state index < -0.39 is 0 Å². The molecule has 166 valence electrons. The van der Waals surface area contributed by atoms with Gasteiger partial charge in [-0.25, -0.2) is 0 Å². The lowest BCUT2D eigenvalue weighted by Crippen LogP contribution is -2.24. The first-order valence-corrected chi connectivity index (χ1v) is 10.3. The molecular formula is C24H26N4O4. The predicted molar refractivity (Wildman–Crippen MR) is 123 cm³/mol. The standard InChI is InChI=1S/C24H26N4O4/c1-16(2)23(30)28-19-10-8-18(9-11-19)25-15-22(29)27-20-6-3-5-17(13-20)24(31)26-14-21-7-4-12-32-21/h3-13,16,25H,14-15H2,1-2H3,(H,26,31)(H,27,29)(H,28,30). The molecule has 0 fully saturated rings. The van der Waals surface area contributed by atoms with Crippen LogP contribution in [0.15, 0.2) is 71.3 Å². The highest BCUT2D eigenvalue weighted by molar-refractivity contribution is 5.98. The van der Waals surface area contributed by atoms with Crippen molar-refractivity contribution in [2.75, 3.05) is 22.5 Å². The Hall–Kier alpha value is -4.07. The van der Waals surface area contributed by atoms with Crippen LogP contribution in [0.3, 0.4) is 0 Å². The highest BCUT2D eigenvalue weighted by Crippen LogP contribution is 2.15. The molecule has 0 aliphatic heterocycles. The molecule has 1 heterocycles. The molecule has 32 heavy (non-hydrogen) atoms. The molecule has 0 spiro atoms. The van der Waals surface area contributed by atoms with E-state index in [0.717, 1.165) is 5.69 Å². The summed E-state index contributed by atoms with van der Waals surface area (Å²) in [5.74, 6) is -0.0149. The average Bonchev–Trinajstić information content (AvgIpc) is 3.31. The van der Waals surface area contributed by atoms with Gasteiger partial charge in [-0.05, 0) is 54.6 Å². The van der Waals surface area contributed by atoms with E-state index in [9.17, 15) is 14.4 Å². The average molecular weight is 434 g/mol. The molecular weight excluding hydrogens is 408 g/mol. The summed E-state index contributed by atoms with van der Waals surface area (Å²) in [5.41, 5.74) is 2.39. The van der Waals surface area contributed by atoms with Gasteiger partial charge in [-0.1, -0.05) is 19.9 Å². The molecule has 0 atom stereocenters. The molecule has 3 aromatic rings. The fourth-order valence-corrected chi connectivity index (χ4v) is 2.77. The minimum Gasteiger partial charge on any atom is -0.467 e. The van der Waals surface area contributed by atoms with E-state index in [0.29, 0.717) is 22.7 Å². The third kappa shape index (κ3) is 6.73. The first-order valence-electron chi connectivity index (χ1n) is 10.3. The highest BCUT2D eigenvalue weighted by atomic mass is 16.3. The molecule has 2 aromatic carbocycles. The molecule has 3 amide bonds. The number of carbonyl (C=O) groups is 3. The van der Waals surface area contributed by atoms with Crippen LogP contribution in [0.4, 0.5) is 17.1 Å². The van der Waals surface area contributed by atoms with Crippen molar-refractivity contribution < 1.29 is 18.8 Å². The molecule has 0 aliphatic rings. The smallest absolute Gasteiger partial charge is 0.251 e. The van der Waals surface area contributed by atoms with Gasteiger partial charge in [-0.2, -0.15) is 0 Å². The molecule has 1 aromatic heterocycles. The second-order valence-corrected chi connectivity index (χ2v) is 7.47. The van der Waals surface area contributed by atoms with Crippen LogP contribution in [-0.2, 0) is 16.1 Å². The number of hydrogen-bond donors (Lipinski definition) is 4. The number of carbonyl (C=O) groups excluding carboxylic acids is 3. The van der Waals surface area contributed by atoms with Gasteiger partial charge >= 0.3 is 0 Å². The number of nitrogens with one attached hydrogen (secondary N) is 4. The van der Waals surface area contributed by atoms with E-state index in [1.807, 2.05) is 13.8 Å². The summed E-state index contributed by atoms with van der Waals surface area (Å²) in [4.78, 5) is 36.3. The number of benzene rings is 2. The number of rotatable bonds is 9. The van der Waals surface area contributed by atoms with Gasteiger partial charge in [0.2, 0.25) is 11.8 Å². The summed E-state index contributed by atoms with van der Waals surface area (Å²) in [5, 5.41) is 11.4. The molecule has 0 bridgehead atoms. The maximum Gasteiger partial charge on any atom is 0.251 e. The predicted octanol–water partition coefficient (Wildman–Crippen LogP) is 3.85. The van der Waals surface area contributed by atoms with Crippen LogP contribution in [0.25, 0.3) is 0 Å². The quantitative estimate of drug-likeness (QED) is 0.409. The van der Waals surface area contributed by atoms with Gasteiger partial charge < -0.3 is 25.7 Å². The second kappa shape index (κ2) is 10.8. The molecule has 0 aliphatic carbocycles. The van der Waals surface area contributed by atoms with E-state index in [1.165, 1.54) is 0 Å². The van der Waals surface area contributed by atoms with Crippen LogP contribution in [0, 0.1) is 5.92 Å². The van der Waals surface area contributed by atoms with Gasteiger partial charge in [0.05, 0.1) is 19.4 Å².